The maximum Gasteiger partial charge on any atom is 0.293 e. The van der Waals surface area contributed by atoms with Gasteiger partial charge in [-0.2, -0.15) is 14.9 Å². The summed E-state index contributed by atoms with van der Waals surface area (Å²) in [7, 11) is 3.11. The largest absolute Gasteiger partial charge is 0.497 e. The van der Waals surface area contributed by atoms with Crippen LogP contribution >= 0.6 is 12.2 Å². The first kappa shape index (κ1) is 13.9. The summed E-state index contributed by atoms with van der Waals surface area (Å²) in [6.45, 7) is 0. The molecule has 0 aliphatic rings. The van der Waals surface area contributed by atoms with Crippen molar-refractivity contribution in [3.63, 3.8) is 0 Å². The van der Waals surface area contributed by atoms with E-state index >= 15 is 0 Å². The van der Waals surface area contributed by atoms with E-state index in [2.05, 4.69) is 15.3 Å². The van der Waals surface area contributed by atoms with Crippen molar-refractivity contribution in [2.75, 3.05) is 14.2 Å². The highest BCUT2D eigenvalue weighted by molar-refractivity contribution is 7.71. The molecule has 1 heterocycles. The number of hydrogen-bond donors (Lipinski definition) is 1. The number of H-pyrrole nitrogens is 1. The highest BCUT2D eigenvalue weighted by Gasteiger charge is 2.03. The molecule has 0 aliphatic heterocycles. The molecule has 0 bridgehead atoms. The summed E-state index contributed by atoms with van der Waals surface area (Å²) < 4.78 is 11.5. The molecule has 0 spiro atoms. The van der Waals surface area contributed by atoms with Crippen LogP contribution in [0.3, 0.4) is 0 Å². The highest BCUT2D eigenvalue weighted by Crippen LogP contribution is 2.22. The first-order valence-corrected chi connectivity index (χ1v) is 5.99. The van der Waals surface area contributed by atoms with E-state index in [-0.39, 0.29) is 4.77 Å². The van der Waals surface area contributed by atoms with Crippen LogP contribution in [0.1, 0.15) is 5.56 Å². The molecule has 0 amide bonds. The van der Waals surface area contributed by atoms with Gasteiger partial charge in [0.1, 0.15) is 17.7 Å². The fourth-order valence-corrected chi connectivity index (χ4v) is 1.70. The van der Waals surface area contributed by atoms with Gasteiger partial charge >= 0.3 is 0 Å². The van der Waals surface area contributed by atoms with Gasteiger partial charge in [-0.3, -0.25) is 9.89 Å². The van der Waals surface area contributed by atoms with E-state index in [9.17, 15) is 4.79 Å². The summed E-state index contributed by atoms with van der Waals surface area (Å²) in [5, 5.41) is 10.1. The monoisotopic (exact) mass is 292 g/mol. The first-order valence-electron chi connectivity index (χ1n) is 5.59. The van der Waals surface area contributed by atoms with Gasteiger partial charge in [-0.05, 0) is 30.4 Å². The van der Waals surface area contributed by atoms with Crippen molar-refractivity contribution in [2.45, 2.75) is 0 Å². The van der Waals surface area contributed by atoms with E-state index in [1.165, 1.54) is 6.21 Å². The van der Waals surface area contributed by atoms with Crippen molar-refractivity contribution < 1.29 is 9.47 Å². The molecule has 1 aromatic carbocycles. The third-order valence-corrected chi connectivity index (χ3v) is 2.75. The molecule has 104 valence electrons. The summed E-state index contributed by atoms with van der Waals surface area (Å²) in [5.74, 6) is 1.26. The second kappa shape index (κ2) is 6.11. The predicted octanol–water partition coefficient (Wildman–Crippen LogP) is 1.20. The van der Waals surface area contributed by atoms with Crippen LogP contribution in [-0.2, 0) is 0 Å². The van der Waals surface area contributed by atoms with Gasteiger partial charge in [-0.1, -0.05) is 0 Å². The van der Waals surface area contributed by atoms with Crippen molar-refractivity contribution in [2.24, 2.45) is 5.10 Å². The van der Waals surface area contributed by atoms with Crippen LogP contribution in [0.5, 0.6) is 11.5 Å². The average Bonchev–Trinajstić information content (AvgIpc) is 2.46. The normalized spacial score (nSPS) is 10.7. The van der Waals surface area contributed by atoms with Crippen molar-refractivity contribution in [1.82, 2.24) is 14.9 Å². The number of hydrogen-bond acceptors (Lipinski definition) is 6. The number of methoxy groups -OCH3 is 2. The van der Waals surface area contributed by atoms with E-state index < -0.39 is 5.56 Å². The molecular weight excluding hydrogens is 280 g/mol. The highest BCUT2D eigenvalue weighted by atomic mass is 32.1. The summed E-state index contributed by atoms with van der Waals surface area (Å²) in [6.07, 6.45) is 2.56. The van der Waals surface area contributed by atoms with E-state index in [0.29, 0.717) is 17.1 Å². The standard InChI is InChI=1S/C12H12N4O3S/c1-18-9-3-4-10(19-2)8(5-9)6-14-16-11(17)7-13-15-12(16)20/h3-7H,1-2H3,(H,15,20)/b14-6+. The molecule has 0 atom stereocenters. The molecule has 0 unspecified atom stereocenters. The van der Waals surface area contributed by atoms with Gasteiger partial charge in [0.25, 0.3) is 5.56 Å². The minimum atomic E-state index is -0.424. The van der Waals surface area contributed by atoms with Crippen LogP contribution in [0, 0.1) is 4.77 Å². The van der Waals surface area contributed by atoms with Crippen molar-refractivity contribution >= 4 is 18.4 Å². The smallest absolute Gasteiger partial charge is 0.293 e. The van der Waals surface area contributed by atoms with Gasteiger partial charge in [0.2, 0.25) is 4.77 Å². The number of aromatic amines is 1. The maximum absolute atomic E-state index is 11.6. The summed E-state index contributed by atoms with van der Waals surface area (Å²) in [4.78, 5) is 11.6. The van der Waals surface area contributed by atoms with Crippen LogP contribution in [-0.4, -0.2) is 35.3 Å². The second-order valence-electron chi connectivity index (χ2n) is 3.68. The number of benzene rings is 1. The number of rotatable bonds is 4. The molecule has 0 saturated carbocycles. The van der Waals surface area contributed by atoms with Gasteiger partial charge < -0.3 is 9.47 Å². The van der Waals surface area contributed by atoms with Crippen LogP contribution in [0.15, 0.2) is 34.3 Å². The Morgan fingerprint density at radius 2 is 2.20 bits per heavy atom. The number of nitrogens with zero attached hydrogens (tertiary/aromatic N) is 3. The zero-order chi connectivity index (χ0) is 14.5. The number of ether oxygens (including phenoxy) is 2. The third kappa shape index (κ3) is 2.91. The van der Waals surface area contributed by atoms with Crippen LogP contribution in [0.4, 0.5) is 0 Å². The molecule has 2 rings (SSSR count). The third-order valence-electron chi connectivity index (χ3n) is 2.49. The molecule has 1 aromatic heterocycles. The van der Waals surface area contributed by atoms with E-state index in [1.54, 1.807) is 32.4 Å². The fraction of sp³-hybridized carbons (Fsp3) is 0.167. The Hall–Kier alpha value is -2.48. The van der Waals surface area contributed by atoms with Gasteiger partial charge in [0, 0.05) is 5.56 Å². The predicted molar refractivity (Wildman–Crippen MR) is 76.2 cm³/mol. The Morgan fingerprint density at radius 3 is 2.85 bits per heavy atom. The number of nitrogens with one attached hydrogen (secondary N) is 1. The van der Waals surface area contributed by atoms with E-state index in [1.807, 2.05) is 0 Å². The maximum atomic E-state index is 11.6. The average molecular weight is 292 g/mol. The number of aromatic nitrogens is 3. The Balaban J connectivity index is 2.45. The lowest BCUT2D eigenvalue weighted by atomic mass is 10.2. The first-order chi connectivity index (χ1) is 9.65. The van der Waals surface area contributed by atoms with Crippen LogP contribution < -0.4 is 15.0 Å². The molecule has 7 nitrogen and oxygen atoms in total. The van der Waals surface area contributed by atoms with Gasteiger partial charge in [-0.25, -0.2) is 0 Å². The molecule has 0 fully saturated rings. The van der Waals surface area contributed by atoms with Crippen molar-refractivity contribution in [3.05, 3.63) is 45.1 Å². The molecule has 0 saturated heterocycles. The molecule has 20 heavy (non-hydrogen) atoms. The Kier molecular flexibility index (Phi) is 4.26. The molecule has 0 radical (unpaired) electrons. The zero-order valence-corrected chi connectivity index (χ0v) is 11.7. The molecule has 0 aliphatic carbocycles. The van der Waals surface area contributed by atoms with Gasteiger partial charge in [-0.15, -0.1) is 0 Å². The lowest BCUT2D eigenvalue weighted by Gasteiger charge is -2.06. The van der Waals surface area contributed by atoms with E-state index in [4.69, 9.17) is 21.7 Å². The second-order valence-corrected chi connectivity index (χ2v) is 4.06. The van der Waals surface area contributed by atoms with E-state index in [0.717, 1.165) is 10.9 Å². The Labute approximate surface area is 119 Å². The topological polar surface area (TPSA) is 81.5 Å². The summed E-state index contributed by atoms with van der Waals surface area (Å²) in [5.41, 5.74) is 0.233. The quantitative estimate of drug-likeness (QED) is 0.676. The SMILES string of the molecule is COc1ccc(OC)c(/C=N/n2c(=O)cn[nH]c2=S)c1. The molecule has 8 heteroatoms. The summed E-state index contributed by atoms with van der Waals surface area (Å²) in [6, 6.07) is 5.25. The minimum Gasteiger partial charge on any atom is -0.497 e. The van der Waals surface area contributed by atoms with Crippen molar-refractivity contribution in [3.8, 4) is 11.5 Å². The van der Waals surface area contributed by atoms with Gasteiger partial charge in [0.05, 0.1) is 20.4 Å². The fourth-order valence-electron chi connectivity index (χ4n) is 1.51. The lowest BCUT2D eigenvalue weighted by Crippen LogP contribution is -2.18. The molecular formula is C12H12N4O3S. The summed E-state index contributed by atoms with van der Waals surface area (Å²) >= 11 is 4.94. The Morgan fingerprint density at radius 1 is 1.40 bits per heavy atom. The lowest BCUT2D eigenvalue weighted by molar-refractivity contribution is 0.402. The van der Waals surface area contributed by atoms with Gasteiger partial charge in [0.15, 0.2) is 0 Å². The minimum absolute atomic E-state index is 0.107. The zero-order valence-electron chi connectivity index (χ0n) is 10.9. The molecule has 1 N–H and O–H groups in total. The Bertz CT molecular complexity index is 723. The van der Waals surface area contributed by atoms with Crippen LogP contribution in [0.25, 0.3) is 0 Å². The van der Waals surface area contributed by atoms with Crippen LogP contribution in [0.2, 0.25) is 0 Å². The molecule has 2 aromatic rings. The van der Waals surface area contributed by atoms with Crippen molar-refractivity contribution in [1.29, 1.82) is 0 Å².